The number of furan rings is 1. The normalized spacial score (nSPS) is 17.5. The molecule has 3 heterocycles. The zero-order valence-corrected chi connectivity index (χ0v) is 14.2. The molecular weight excluding hydrogens is 400 g/mol. The second-order valence-electron chi connectivity index (χ2n) is 5.59. The van der Waals surface area contributed by atoms with Crippen LogP contribution in [0, 0.1) is 11.6 Å². The van der Waals surface area contributed by atoms with Crippen molar-refractivity contribution in [1.82, 2.24) is 10.1 Å². The van der Waals surface area contributed by atoms with E-state index in [0.29, 0.717) is 16.3 Å². The molecule has 25 heavy (non-hydrogen) atoms. The lowest BCUT2D eigenvalue weighted by molar-refractivity contribution is -0.117. The Hall–Kier alpha value is -2.55. The van der Waals surface area contributed by atoms with Crippen molar-refractivity contribution in [2.24, 2.45) is 0 Å². The molecule has 0 bridgehead atoms. The van der Waals surface area contributed by atoms with Gasteiger partial charge in [-0.15, -0.1) is 0 Å². The molecule has 4 rings (SSSR count). The molecule has 6 nitrogen and oxygen atoms in total. The lowest BCUT2D eigenvalue weighted by Gasteiger charge is -2.16. The van der Waals surface area contributed by atoms with Gasteiger partial charge in [-0.05, 0) is 40.2 Å². The van der Waals surface area contributed by atoms with Crippen LogP contribution in [0.3, 0.4) is 0 Å². The molecule has 128 valence electrons. The maximum absolute atomic E-state index is 13.4. The predicted molar refractivity (Wildman–Crippen MR) is 85.8 cm³/mol. The van der Waals surface area contributed by atoms with Crippen LogP contribution in [0.25, 0.3) is 11.7 Å². The van der Waals surface area contributed by atoms with Crippen molar-refractivity contribution in [2.45, 2.75) is 12.3 Å². The van der Waals surface area contributed by atoms with Gasteiger partial charge in [-0.2, -0.15) is 4.98 Å². The second kappa shape index (κ2) is 6.07. The number of carbonyl (C=O) groups excluding carboxylic acids is 1. The molecule has 1 aliphatic rings. The van der Waals surface area contributed by atoms with E-state index in [-0.39, 0.29) is 36.4 Å². The molecule has 0 N–H and O–H groups in total. The molecule has 0 saturated carbocycles. The Morgan fingerprint density at radius 1 is 1.20 bits per heavy atom. The van der Waals surface area contributed by atoms with Crippen LogP contribution in [0.15, 0.2) is 43.9 Å². The Kier molecular flexibility index (Phi) is 3.87. The highest BCUT2D eigenvalue weighted by Crippen LogP contribution is 2.32. The first kappa shape index (κ1) is 15.9. The number of rotatable bonds is 3. The van der Waals surface area contributed by atoms with Gasteiger partial charge in [-0.1, -0.05) is 5.16 Å². The highest BCUT2D eigenvalue weighted by Gasteiger charge is 2.35. The largest absolute Gasteiger partial charge is 0.444 e. The van der Waals surface area contributed by atoms with Crippen LogP contribution >= 0.6 is 15.9 Å². The molecule has 1 aliphatic heterocycles. The lowest BCUT2D eigenvalue weighted by atomic mass is 10.1. The Labute approximate surface area is 148 Å². The highest BCUT2D eigenvalue weighted by molar-refractivity contribution is 9.10. The lowest BCUT2D eigenvalue weighted by Crippen LogP contribution is -2.24. The number of hydrogen-bond acceptors (Lipinski definition) is 5. The molecule has 1 saturated heterocycles. The highest BCUT2D eigenvalue weighted by atomic mass is 79.9. The van der Waals surface area contributed by atoms with Gasteiger partial charge >= 0.3 is 0 Å². The van der Waals surface area contributed by atoms with Gasteiger partial charge in [-0.3, -0.25) is 4.79 Å². The first-order chi connectivity index (χ1) is 12.0. The van der Waals surface area contributed by atoms with Gasteiger partial charge < -0.3 is 13.8 Å². The van der Waals surface area contributed by atoms with E-state index in [4.69, 9.17) is 8.94 Å². The van der Waals surface area contributed by atoms with E-state index in [9.17, 15) is 13.6 Å². The fourth-order valence-electron chi connectivity index (χ4n) is 2.76. The first-order valence-corrected chi connectivity index (χ1v) is 8.14. The van der Waals surface area contributed by atoms with E-state index in [0.717, 1.165) is 18.2 Å². The third-order valence-corrected chi connectivity index (χ3v) is 4.30. The Bertz CT molecular complexity index is 936. The standard InChI is InChI=1S/C16H10BrF2N3O3/c17-13-2-1-12(24-13)16-20-15(21-25-16)8-3-14(23)22(7-8)11-5-9(18)4-10(19)6-11/h1-2,4-6,8H,3,7H2. The molecule has 1 amide bonds. The summed E-state index contributed by atoms with van der Waals surface area (Å²) in [7, 11) is 0. The monoisotopic (exact) mass is 409 g/mol. The van der Waals surface area contributed by atoms with E-state index in [2.05, 4.69) is 26.1 Å². The fourth-order valence-corrected chi connectivity index (χ4v) is 3.06. The van der Waals surface area contributed by atoms with Gasteiger partial charge in [-0.25, -0.2) is 8.78 Å². The zero-order chi connectivity index (χ0) is 17.6. The van der Waals surface area contributed by atoms with Crippen molar-refractivity contribution in [3.05, 3.63) is 52.5 Å². The van der Waals surface area contributed by atoms with E-state index < -0.39 is 11.6 Å². The van der Waals surface area contributed by atoms with Crippen LogP contribution in [0.2, 0.25) is 0 Å². The summed E-state index contributed by atoms with van der Waals surface area (Å²) in [5.74, 6) is -1.14. The summed E-state index contributed by atoms with van der Waals surface area (Å²) < 4.78 is 37.8. The first-order valence-electron chi connectivity index (χ1n) is 7.35. The Morgan fingerprint density at radius 3 is 2.64 bits per heavy atom. The van der Waals surface area contributed by atoms with Crippen LogP contribution in [0.1, 0.15) is 18.2 Å². The third-order valence-electron chi connectivity index (χ3n) is 3.87. The minimum Gasteiger partial charge on any atom is -0.444 e. The van der Waals surface area contributed by atoms with Crippen LogP contribution in [-0.2, 0) is 4.79 Å². The van der Waals surface area contributed by atoms with Gasteiger partial charge in [0.25, 0.3) is 5.89 Å². The minimum atomic E-state index is -0.739. The SMILES string of the molecule is O=C1CC(c2noc(-c3ccc(Br)o3)n2)CN1c1cc(F)cc(F)c1. The molecule has 2 aromatic heterocycles. The van der Waals surface area contributed by atoms with Crippen molar-refractivity contribution in [1.29, 1.82) is 0 Å². The van der Waals surface area contributed by atoms with Crippen LogP contribution < -0.4 is 4.90 Å². The number of aromatic nitrogens is 2. The average molecular weight is 410 g/mol. The van der Waals surface area contributed by atoms with Crippen molar-refractivity contribution in [2.75, 3.05) is 11.4 Å². The van der Waals surface area contributed by atoms with Crippen LogP contribution in [-0.4, -0.2) is 22.6 Å². The summed E-state index contributed by atoms with van der Waals surface area (Å²) in [6, 6.07) is 6.35. The van der Waals surface area contributed by atoms with Gasteiger partial charge in [0.2, 0.25) is 5.91 Å². The third kappa shape index (κ3) is 3.07. The summed E-state index contributed by atoms with van der Waals surface area (Å²) >= 11 is 3.19. The second-order valence-corrected chi connectivity index (χ2v) is 6.38. The van der Waals surface area contributed by atoms with E-state index in [1.54, 1.807) is 12.1 Å². The molecule has 0 aliphatic carbocycles. The minimum absolute atomic E-state index is 0.124. The molecule has 3 aromatic rings. The number of benzene rings is 1. The maximum atomic E-state index is 13.4. The predicted octanol–water partition coefficient (Wildman–Crippen LogP) is 3.89. The smallest absolute Gasteiger partial charge is 0.293 e. The number of halogens is 3. The molecule has 1 atom stereocenters. The summed E-state index contributed by atoms with van der Waals surface area (Å²) in [5, 5.41) is 3.89. The molecule has 0 radical (unpaired) electrons. The summed E-state index contributed by atoms with van der Waals surface area (Å²) in [5.41, 5.74) is 0.170. The number of nitrogens with zero attached hydrogens (tertiary/aromatic N) is 3. The molecule has 1 fully saturated rings. The Balaban J connectivity index is 1.57. The van der Waals surface area contributed by atoms with E-state index in [1.165, 1.54) is 4.90 Å². The van der Waals surface area contributed by atoms with Crippen molar-refractivity contribution < 1.29 is 22.5 Å². The topological polar surface area (TPSA) is 72.4 Å². The fraction of sp³-hybridized carbons (Fsp3) is 0.188. The maximum Gasteiger partial charge on any atom is 0.293 e. The summed E-state index contributed by atoms with van der Waals surface area (Å²) in [6.07, 6.45) is 0.124. The summed E-state index contributed by atoms with van der Waals surface area (Å²) in [4.78, 5) is 17.8. The molecule has 9 heteroatoms. The molecular formula is C16H10BrF2N3O3. The number of carbonyl (C=O) groups is 1. The average Bonchev–Trinajstić information content (AvgIpc) is 3.25. The summed E-state index contributed by atoms with van der Waals surface area (Å²) in [6.45, 7) is 0.211. The van der Waals surface area contributed by atoms with E-state index in [1.807, 2.05) is 0 Å². The van der Waals surface area contributed by atoms with Gasteiger partial charge in [0.1, 0.15) is 11.6 Å². The number of anilines is 1. The van der Waals surface area contributed by atoms with Crippen molar-refractivity contribution in [3.63, 3.8) is 0 Å². The quantitative estimate of drug-likeness (QED) is 0.655. The van der Waals surface area contributed by atoms with Crippen LogP contribution in [0.4, 0.5) is 14.5 Å². The zero-order valence-electron chi connectivity index (χ0n) is 12.6. The number of hydrogen-bond donors (Lipinski definition) is 0. The molecule has 1 unspecified atom stereocenters. The van der Waals surface area contributed by atoms with Crippen LogP contribution in [0.5, 0.6) is 0 Å². The van der Waals surface area contributed by atoms with Crippen molar-refractivity contribution >= 4 is 27.5 Å². The van der Waals surface area contributed by atoms with Crippen molar-refractivity contribution in [3.8, 4) is 11.7 Å². The molecule has 1 aromatic carbocycles. The van der Waals surface area contributed by atoms with Gasteiger partial charge in [0.05, 0.1) is 0 Å². The molecule has 0 spiro atoms. The van der Waals surface area contributed by atoms with Gasteiger partial charge in [0, 0.05) is 30.6 Å². The Morgan fingerprint density at radius 2 is 1.96 bits per heavy atom. The van der Waals surface area contributed by atoms with E-state index >= 15 is 0 Å². The number of amides is 1. The van der Waals surface area contributed by atoms with Gasteiger partial charge in [0.15, 0.2) is 16.3 Å².